The van der Waals surface area contributed by atoms with Gasteiger partial charge in [-0.25, -0.2) is 4.79 Å². The van der Waals surface area contributed by atoms with Crippen LogP contribution in [0.25, 0.3) is 0 Å². The van der Waals surface area contributed by atoms with Crippen molar-refractivity contribution in [3.63, 3.8) is 0 Å². The quantitative estimate of drug-likeness (QED) is 0.202. The van der Waals surface area contributed by atoms with Gasteiger partial charge in [-0.2, -0.15) is 0 Å². The number of rotatable bonds is 10. The monoisotopic (exact) mass is 361 g/mol. The van der Waals surface area contributed by atoms with Crippen LogP contribution in [-0.2, 0) is 24.0 Å². The molecule has 142 valence electrons. The van der Waals surface area contributed by atoms with E-state index in [1.807, 2.05) is 5.32 Å². The van der Waals surface area contributed by atoms with Crippen molar-refractivity contribution in [2.75, 3.05) is 19.7 Å². The van der Waals surface area contributed by atoms with Gasteiger partial charge in [-0.15, -0.1) is 0 Å². The van der Waals surface area contributed by atoms with E-state index in [-0.39, 0.29) is 6.54 Å². The van der Waals surface area contributed by atoms with Crippen LogP contribution in [0.4, 0.5) is 0 Å². The third-order valence-corrected chi connectivity index (χ3v) is 2.85. The van der Waals surface area contributed by atoms with E-state index in [4.69, 9.17) is 15.9 Å². The number of amides is 4. The molecule has 0 aliphatic carbocycles. The fourth-order valence-electron chi connectivity index (χ4n) is 1.44. The lowest BCUT2D eigenvalue weighted by Gasteiger charge is -2.16. The first-order valence-corrected chi connectivity index (χ1v) is 7.31. The molecule has 0 aromatic carbocycles. The molecule has 0 aromatic heterocycles. The zero-order valence-electron chi connectivity index (χ0n) is 13.9. The molecule has 8 N–H and O–H groups in total. The molecule has 0 bridgehead atoms. The number of hydrogen-bond donors (Lipinski definition) is 7. The van der Waals surface area contributed by atoms with Crippen molar-refractivity contribution < 1.29 is 34.2 Å². The van der Waals surface area contributed by atoms with E-state index in [0.29, 0.717) is 0 Å². The molecule has 0 aliphatic heterocycles. The third-order valence-electron chi connectivity index (χ3n) is 2.85. The van der Waals surface area contributed by atoms with Crippen LogP contribution in [-0.4, -0.2) is 77.6 Å². The van der Waals surface area contributed by atoms with Gasteiger partial charge in [0.2, 0.25) is 23.6 Å². The number of carboxylic acids is 1. The Morgan fingerprint density at radius 1 is 0.920 bits per heavy atom. The summed E-state index contributed by atoms with van der Waals surface area (Å²) in [5.41, 5.74) is 5.30. The number of hydrogen-bond acceptors (Lipinski definition) is 7. The van der Waals surface area contributed by atoms with Gasteiger partial charge in [-0.1, -0.05) is 0 Å². The molecule has 0 fully saturated rings. The fourth-order valence-corrected chi connectivity index (χ4v) is 1.44. The molecule has 0 unspecified atom stereocenters. The van der Waals surface area contributed by atoms with E-state index < -0.39 is 60.9 Å². The summed E-state index contributed by atoms with van der Waals surface area (Å²) in [5, 5.41) is 26.2. The van der Waals surface area contributed by atoms with Crippen molar-refractivity contribution in [3.05, 3.63) is 0 Å². The number of nitrogens with two attached hydrogens (primary N) is 1. The predicted octanol–water partition coefficient (Wildman–Crippen LogP) is -4.37. The highest BCUT2D eigenvalue weighted by Gasteiger charge is 2.20. The number of carboxylic acid groups (broad SMARTS) is 1. The highest BCUT2D eigenvalue weighted by molar-refractivity contribution is 5.92. The number of carbonyl (C=O) groups excluding carboxylic acids is 4. The highest BCUT2D eigenvalue weighted by Crippen LogP contribution is 1.85. The highest BCUT2D eigenvalue weighted by atomic mass is 16.4. The summed E-state index contributed by atoms with van der Waals surface area (Å²) in [6.45, 7) is 1.10. The van der Waals surface area contributed by atoms with E-state index in [2.05, 4.69) is 16.0 Å². The second-order valence-electron chi connectivity index (χ2n) is 5.15. The van der Waals surface area contributed by atoms with Crippen LogP contribution in [0.5, 0.6) is 0 Å². The lowest BCUT2D eigenvalue weighted by atomic mass is 10.3. The van der Waals surface area contributed by atoms with Crippen LogP contribution in [0.1, 0.15) is 13.8 Å². The predicted molar refractivity (Wildman–Crippen MR) is 83.9 cm³/mol. The number of aliphatic carboxylic acids is 1. The van der Waals surface area contributed by atoms with Crippen molar-refractivity contribution in [3.8, 4) is 0 Å². The smallest absolute Gasteiger partial charge is 0.328 e. The van der Waals surface area contributed by atoms with E-state index in [0.717, 1.165) is 0 Å². The zero-order valence-corrected chi connectivity index (χ0v) is 13.9. The molecule has 0 radical (unpaired) electrons. The lowest BCUT2D eigenvalue weighted by molar-refractivity contribution is -0.142. The van der Waals surface area contributed by atoms with Gasteiger partial charge in [-0.3, -0.25) is 19.2 Å². The van der Waals surface area contributed by atoms with Gasteiger partial charge in [0.1, 0.15) is 12.1 Å². The van der Waals surface area contributed by atoms with Gasteiger partial charge < -0.3 is 37.2 Å². The number of aliphatic hydroxyl groups is 1. The molecule has 0 saturated carbocycles. The molecule has 0 aromatic rings. The van der Waals surface area contributed by atoms with Crippen molar-refractivity contribution in [2.45, 2.75) is 32.0 Å². The van der Waals surface area contributed by atoms with E-state index in [1.54, 1.807) is 0 Å². The first-order chi connectivity index (χ1) is 11.6. The van der Waals surface area contributed by atoms with E-state index >= 15 is 0 Å². The van der Waals surface area contributed by atoms with Crippen molar-refractivity contribution in [1.82, 2.24) is 21.3 Å². The molecular formula is C13H23N5O7. The molecule has 4 amide bonds. The molecule has 0 aliphatic rings. The van der Waals surface area contributed by atoms with Gasteiger partial charge in [-0.05, 0) is 13.8 Å². The van der Waals surface area contributed by atoms with E-state index in [9.17, 15) is 24.0 Å². The molecule has 0 rings (SSSR count). The minimum Gasteiger partial charge on any atom is -0.480 e. The third kappa shape index (κ3) is 9.22. The Morgan fingerprint density at radius 2 is 1.40 bits per heavy atom. The molecular weight excluding hydrogens is 338 g/mol. The van der Waals surface area contributed by atoms with Crippen LogP contribution in [0, 0.1) is 0 Å². The van der Waals surface area contributed by atoms with Crippen LogP contribution in [0.2, 0.25) is 0 Å². The summed E-state index contributed by atoms with van der Waals surface area (Å²) in [6.07, 6.45) is 0. The van der Waals surface area contributed by atoms with Crippen molar-refractivity contribution in [1.29, 1.82) is 0 Å². The van der Waals surface area contributed by atoms with Gasteiger partial charge >= 0.3 is 5.97 Å². The first-order valence-electron chi connectivity index (χ1n) is 7.31. The Morgan fingerprint density at radius 3 is 1.84 bits per heavy atom. The average molecular weight is 361 g/mol. The maximum Gasteiger partial charge on any atom is 0.328 e. The fraction of sp³-hybridized carbons (Fsp3) is 0.615. The summed E-state index contributed by atoms with van der Waals surface area (Å²) in [4.78, 5) is 56.6. The Balaban J connectivity index is 4.21. The molecule has 12 nitrogen and oxygen atoms in total. The molecule has 12 heteroatoms. The largest absolute Gasteiger partial charge is 0.480 e. The van der Waals surface area contributed by atoms with Crippen LogP contribution < -0.4 is 27.0 Å². The summed E-state index contributed by atoms with van der Waals surface area (Å²) in [5.74, 6) is -4.10. The molecule has 3 atom stereocenters. The number of carbonyl (C=O) groups is 5. The Kier molecular flexibility index (Phi) is 9.74. The minimum absolute atomic E-state index is 0.366. The first kappa shape index (κ1) is 22.3. The maximum atomic E-state index is 11.7. The van der Waals surface area contributed by atoms with Crippen molar-refractivity contribution in [2.24, 2.45) is 5.73 Å². The van der Waals surface area contributed by atoms with Crippen LogP contribution in [0.3, 0.4) is 0 Å². The maximum absolute atomic E-state index is 11.7. The second-order valence-corrected chi connectivity index (χ2v) is 5.15. The Labute approximate surface area is 143 Å². The minimum atomic E-state index is -1.48. The van der Waals surface area contributed by atoms with E-state index in [1.165, 1.54) is 13.8 Å². The van der Waals surface area contributed by atoms with Crippen LogP contribution >= 0.6 is 0 Å². The Bertz CT molecular complexity index is 523. The average Bonchev–Trinajstić information content (AvgIpc) is 2.54. The number of aliphatic hydroxyl groups excluding tert-OH is 1. The zero-order chi connectivity index (χ0) is 19.6. The van der Waals surface area contributed by atoms with Gasteiger partial charge in [0, 0.05) is 0 Å². The summed E-state index contributed by atoms with van der Waals surface area (Å²) < 4.78 is 0. The SMILES string of the molecule is C[C@H](N)C(=O)NCC(=O)N[C@@H](C)C(=O)NCC(=O)N[C@@H](CO)C(=O)O. The van der Waals surface area contributed by atoms with Gasteiger partial charge in [0.25, 0.3) is 0 Å². The van der Waals surface area contributed by atoms with Crippen LogP contribution in [0.15, 0.2) is 0 Å². The van der Waals surface area contributed by atoms with Gasteiger partial charge in [0.15, 0.2) is 0 Å². The standard InChI is InChI=1S/C13H23N5O7/c1-6(14)11(22)15-3-9(20)17-7(2)12(23)16-4-10(21)18-8(5-19)13(24)25/h6-8,19H,3-5,14H2,1-2H3,(H,15,22)(H,16,23)(H,17,20)(H,18,21)(H,24,25)/t6-,7-,8-/m0/s1. The van der Waals surface area contributed by atoms with Crippen molar-refractivity contribution >= 4 is 29.6 Å². The summed E-state index contributed by atoms with van der Waals surface area (Å²) in [6, 6.07) is -3.25. The molecule has 0 spiro atoms. The summed E-state index contributed by atoms with van der Waals surface area (Å²) in [7, 11) is 0. The molecule has 0 heterocycles. The Hall–Kier alpha value is -2.73. The normalized spacial score (nSPS) is 13.8. The second kappa shape index (κ2) is 10.9. The summed E-state index contributed by atoms with van der Waals surface area (Å²) >= 11 is 0. The molecule has 25 heavy (non-hydrogen) atoms. The topological polar surface area (TPSA) is 200 Å². The number of nitrogens with one attached hydrogen (secondary N) is 4. The molecule has 0 saturated heterocycles. The van der Waals surface area contributed by atoms with Gasteiger partial charge in [0.05, 0.1) is 25.7 Å². The lowest BCUT2D eigenvalue weighted by Crippen LogP contribution is -2.52.